The first-order valence-corrected chi connectivity index (χ1v) is 13.1. The summed E-state index contributed by atoms with van der Waals surface area (Å²) in [5, 5.41) is 14.7. The number of fused-ring (bicyclic) bond motifs is 2. The number of H-pyrrole nitrogens is 1. The first-order valence-electron chi connectivity index (χ1n) is 13.1. The highest BCUT2D eigenvalue weighted by molar-refractivity contribution is 6.00. The minimum Gasteiger partial charge on any atom is -0.478 e. The van der Waals surface area contributed by atoms with Gasteiger partial charge in [0.15, 0.2) is 5.78 Å². The van der Waals surface area contributed by atoms with Crippen LogP contribution in [0, 0.1) is 5.41 Å². The van der Waals surface area contributed by atoms with Crippen LogP contribution < -0.4 is 0 Å². The van der Waals surface area contributed by atoms with Crippen LogP contribution in [0.2, 0.25) is 0 Å². The molecule has 0 unspecified atom stereocenters. The third-order valence-corrected chi connectivity index (χ3v) is 8.13. The van der Waals surface area contributed by atoms with Crippen LogP contribution in [0.1, 0.15) is 76.1 Å². The van der Waals surface area contributed by atoms with Gasteiger partial charge in [-0.15, -0.1) is 0 Å². The molecule has 4 aromatic rings. The zero-order valence-electron chi connectivity index (χ0n) is 21.5. The van der Waals surface area contributed by atoms with Crippen LogP contribution in [0.5, 0.6) is 0 Å². The zero-order valence-corrected chi connectivity index (χ0v) is 21.5. The van der Waals surface area contributed by atoms with E-state index in [2.05, 4.69) is 10.1 Å². The predicted octanol–water partition coefficient (Wildman–Crippen LogP) is 5.36. The Kier molecular flexibility index (Phi) is 5.70. The average Bonchev–Trinajstić information content (AvgIpc) is 3.53. The number of rotatable bonds is 4. The van der Waals surface area contributed by atoms with E-state index in [-0.39, 0.29) is 28.7 Å². The number of benzene rings is 2. The fourth-order valence-electron chi connectivity index (χ4n) is 6.08. The van der Waals surface area contributed by atoms with Crippen molar-refractivity contribution in [2.75, 3.05) is 13.1 Å². The predicted molar refractivity (Wildman–Crippen MR) is 144 cm³/mol. The number of carbonyl (C=O) groups is 3. The third-order valence-electron chi connectivity index (χ3n) is 8.13. The van der Waals surface area contributed by atoms with Crippen molar-refractivity contribution in [2.24, 2.45) is 5.41 Å². The van der Waals surface area contributed by atoms with Crippen LogP contribution in [-0.2, 0) is 6.42 Å². The molecule has 0 radical (unpaired) electrons. The number of hydrogen-bond acceptors (Lipinski definition) is 4. The Hall–Kier alpha value is -4.20. The number of carboxylic acid groups (broad SMARTS) is 1. The molecule has 1 aliphatic carbocycles. The summed E-state index contributed by atoms with van der Waals surface area (Å²) in [4.78, 5) is 43.0. The molecular weight excluding hydrogens is 480 g/mol. The number of aromatic amines is 1. The van der Waals surface area contributed by atoms with Crippen molar-refractivity contribution < 1.29 is 19.5 Å². The number of amides is 1. The maximum absolute atomic E-state index is 13.4. The molecule has 0 bridgehead atoms. The number of nitrogens with one attached hydrogen (secondary N) is 1. The maximum atomic E-state index is 13.4. The molecule has 6 rings (SSSR count). The highest BCUT2D eigenvalue weighted by Crippen LogP contribution is 2.44. The quantitative estimate of drug-likeness (QED) is 0.384. The molecule has 2 aromatic carbocycles. The first kappa shape index (κ1) is 24.2. The van der Waals surface area contributed by atoms with E-state index in [0.29, 0.717) is 25.2 Å². The van der Waals surface area contributed by atoms with E-state index in [0.717, 1.165) is 52.5 Å². The number of nitrogens with zero attached hydrogens (tertiary/aromatic N) is 3. The normalized spacial score (nSPS) is 16.8. The monoisotopic (exact) mass is 510 g/mol. The Labute approximate surface area is 220 Å². The van der Waals surface area contributed by atoms with Crippen molar-refractivity contribution in [3.05, 3.63) is 77.2 Å². The molecule has 1 spiro atoms. The lowest BCUT2D eigenvalue weighted by Gasteiger charge is -2.43. The van der Waals surface area contributed by atoms with Gasteiger partial charge in [-0.05, 0) is 80.0 Å². The van der Waals surface area contributed by atoms with Crippen molar-refractivity contribution in [3.63, 3.8) is 0 Å². The largest absolute Gasteiger partial charge is 0.478 e. The molecule has 2 aliphatic rings. The van der Waals surface area contributed by atoms with Crippen molar-refractivity contribution in [3.8, 4) is 11.1 Å². The van der Waals surface area contributed by atoms with Gasteiger partial charge < -0.3 is 15.0 Å². The molecule has 1 aliphatic heterocycles. The number of carboxylic acids is 1. The van der Waals surface area contributed by atoms with Gasteiger partial charge in [-0.25, -0.2) is 4.79 Å². The van der Waals surface area contributed by atoms with E-state index in [1.54, 1.807) is 18.2 Å². The number of ketones is 1. The van der Waals surface area contributed by atoms with Crippen LogP contribution in [-0.4, -0.2) is 55.5 Å². The number of aromatic nitrogens is 3. The summed E-state index contributed by atoms with van der Waals surface area (Å²) in [6.07, 6.45) is 4.78. The average molecular weight is 511 g/mol. The van der Waals surface area contributed by atoms with Crippen LogP contribution in [0.25, 0.3) is 22.0 Å². The lowest BCUT2D eigenvalue weighted by atomic mass is 9.67. The number of piperidine rings is 1. The number of likely N-dealkylation sites (tertiary alicyclic amines) is 1. The van der Waals surface area contributed by atoms with Gasteiger partial charge in [-0.1, -0.05) is 18.2 Å². The lowest BCUT2D eigenvalue weighted by Crippen LogP contribution is -2.46. The van der Waals surface area contributed by atoms with Crippen LogP contribution in [0.4, 0.5) is 0 Å². The van der Waals surface area contributed by atoms with Gasteiger partial charge in [-0.3, -0.25) is 14.3 Å². The molecule has 194 valence electrons. The Bertz CT molecular complexity index is 1590. The fourth-order valence-corrected chi connectivity index (χ4v) is 6.08. The van der Waals surface area contributed by atoms with E-state index in [1.807, 2.05) is 60.0 Å². The molecule has 1 amide bonds. The summed E-state index contributed by atoms with van der Waals surface area (Å²) < 4.78 is 1.84. The minimum atomic E-state index is -0.963. The van der Waals surface area contributed by atoms with Crippen LogP contribution in [0.15, 0.2) is 54.7 Å². The number of Topliss-reactive ketones (excluding diaryl/α,β-unsaturated/α-hetero) is 1. The van der Waals surface area contributed by atoms with Gasteiger partial charge in [0, 0.05) is 42.0 Å². The number of hydrogen-bond donors (Lipinski definition) is 2. The smallest absolute Gasteiger partial charge is 0.335 e. The summed E-state index contributed by atoms with van der Waals surface area (Å²) in [7, 11) is 0. The zero-order chi connectivity index (χ0) is 26.6. The first-order chi connectivity index (χ1) is 18.2. The van der Waals surface area contributed by atoms with E-state index in [4.69, 9.17) is 0 Å². The minimum absolute atomic E-state index is 0.0408. The number of carbonyl (C=O) groups excluding carboxylic acids is 2. The Morgan fingerprint density at radius 2 is 1.79 bits per heavy atom. The second kappa shape index (κ2) is 8.97. The summed E-state index contributed by atoms with van der Waals surface area (Å²) >= 11 is 0. The fraction of sp³-hybridized carbons (Fsp3) is 0.333. The number of aromatic carboxylic acids is 1. The molecule has 8 heteroatoms. The molecule has 1 saturated heterocycles. The second-order valence-electron chi connectivity index (χ2n) is 11.0. The molecule has 2 aromatic heterocycles. The van der Waals surface area contributed by atoms with Gasteiger partial charge in [0.05, 0.1) is 11.8 Å². The summed E-state index contributed by atoms with van der Waals surface area (Å²) in [5.41, 5.74) is 5.02. The summed E-state index contributed by atoms with van der Waals surface area (Å²) in [6, 6.07) is 14.7. The third kappa shape index (κ3) is 4.10. The van der Waals surface area contributed by atoms with Gasteiger partial charge in [0.2, 0.25) is 0 Å². The summed E-state index contributed by atoms with van der Waals surface area (Å²) in [5.74, 6) is -0.840. The molecular formula is C30H30N4O4. The molecule has 8 nitrogen and oxygen atoms in total. The Morgan fingerprint density at radius 3 is 2.53 bits per heavy atom. The highest BCUT2D eigenvalue weighted by Gasteiger charge is 2.43. The maximum Gasteiger partial charge on any atom is 0.335 e. The Balaban J connectivity index is 1.18. The lowest BCUT2D eigenvalue weighted by molar-refractivity contribution is 0.0513. The SMILES string of the molecule is CC(C)n1ncc2c1C(=O)CC1(CCN(C(=O)c3cc4cc(-c5cccc(C(=O)O)c5)ccc4[nH]3)CC1)C2. The molecule has 38 heavy (non-hydrogen) atoms. The van der Waals surface area contributed by atoms with E-state index < -0.39 is 5.97 Å². The van der Waals surface area contributed by atoms with Crippen molar-refractivity contribution in [1.29, 1.82) is 0 Å². The Morgan fingerprint density at radius 1 is 1.03 bits per heavy atom. The highest BCUT2D eigenvalue weighted by atomic mass is 16.4. The van der Waals surface area contributed by atoms with Gasteiger partial charge in [0.1, 0.15) is 11.4 Å². The standard InChI is InChI=1S/C30H30N4O4/c1-18(2)34-27-23(17-31-34)15-30(16-26(27)35)8-10-33(11-9-30)28(36)25-14-22-13-20(6-7-24(22)32-25)19-4-3-5-21(12-19)29(37)38/h3-7,12-14,17-18,32H,8-11,15-16H2,1-2H3,(H,37,38). The molecule has 1 fully saturated rings. The topological polar surface area (TPSA) is 108 Å². The van der Waals surface area contributed by atoms with Crippen molar-refractivity contribution >= 4 is 28.6 Å². The van der Waals surface area contributed by atoms with Gasteiger partial charge in [0.25, 0.3) is 5.91 Å². The second-order valence-corrected chi connectivity index (χ2v) is 11.0. The van der Waals surface area contributed by atoms with E-state index >= 15 is 0 Å². The van der Waals surface area contributed by atoms with Crippen LogP contribution >= 0.6 is 0 Å². The van der Waals surface area contributed by atoms with Gasteiger partial charge in [-0.2, -0.15) is 5.10 Å². The van der Waals surface area contributed by atoms with Crippen LogP contribution in [0.3, 0.4) is 0 Å². The molecule has 0 saturated carbocycles. The molecule has 0 atom stereocenters. The molecule has 2 N–H and O–H groups in total. The molecule has 3 heterocycles. The summed E-state index contributed by atoms with van der Waals surface area (Å²) in [6.45, 7) is 5.30. The van der Waals surface area contributed by atoms with E-state index in [1.165, 1.54) is 0 Å². The van der Waals surface area contributed by atoms with Gasteiger partial charge >= 0.3 is 5.97 Å². The van der Waals surface area contributed by atoms with E-state index in [9.17, 15) is 19.5 Å². The van der Waals surface area contributed by atoms with Crippen molar-refractivity contribution in [1.82, 2.24) is 19.7 Å². The van der Waals surface area contributed by atoms with Crippen molar-refractivity contribution in [2.45, 2.75) is 45.6 Å².